The molecule has 0 aromatic heterocycles. The van der Waals surface area contributed by atoms with E-state index in [-0.39, 0.29) is 0 Å². The molecule has 0 saturated heterocycles. The molecule has 0 atom stereocenters. The number of hydrogen-bond donors (Lipinski definition) is 1. The van der Waals surface area contributed by atoms with Crippen molar-refractivity contribution < 1.29 is 5.11 Å². The van der Waals surface area contributed by atoms with Crippen molar-refractivity contribution >= 4 is 0 Å². The van der Waals surface area contributed by atoms with Gasteiger partial charge >= 0.3 is 0 Å². The van der Waals surface area contributed by atoms with E-state index in [9.17, 15) is 0 Å². The summed E-state index contributed by atoms with van der Waals surface area (Å²) in [6, 6.07) is 0. The van der Waals surface area contributed by atoms with Crippen LogP contribution in [0.5, 0.6) is 0 Å². The van der Waals surface area contributed by atoms with E-state index in [0.29, 0.717) is 6.61 Å². The number of aliphatic hydroxyl groups is 1. The fraction of sp³-hybridized carbons (Fsp3) is 0.556. The minimum absolute atomic E-state index is 0.328. The maximum Gasteiger partial charge on any atom is 0.0431 e. The van der Waals surface area contributed by atoms with E-state index in [1.54, 1.807) is 0 Å². The van der Waals surface area contributed by atoms with Crippen LogP contribution >= 0.6 is 0 Å². The molecule has 0 aliphatic carbocycles. The smallest absolute Gasteiger partial charge is 0.0431 e. The summed E-state index contributed by atoms with van der Waals surface area (Å²) in [5.41, 5.74) is 0. The van der Waals surface area contributed by atoms with Crippen LogP contribution in [0.1, 0.15) is 58.3 Å². The molecule has 0 aliphatic heterocycles. The molecule has 1 N–H and O–H groups in total. The zero-order valence-corrected chi connectivity index (χ0v) is 12.4. The van der Waals surface area contributed by atoms with E-state index in [0.717, 1.165) is 44.9 Å². The molecular weight excluding hydrogens is 232 g/mol. The average molecular weight is 262 g/mol. The fourth-order valence-electron chi connectivity index (χ4n) is 1.65. The van der Waals surface area contributed by atoms with Crippen molar-refractivity contribution in [3.8, 4) is 0 Å². The molecule has 0 spiro atoms. The number of allylic oxidation sites excluding steroid dienone is 8. The number of rotatable bonds is 12. The molecule has 1 nitrogen and oxygen atoms in total. The van der Waals surface area contributed by atoms with Crippen LogP contribution in [0.15, 0.2) is 48.6 Å². The Hall–Kier alpha value is -1.08. The van der Waals surface area contributed by atoms with Gasteiger partial charge in [0.05, 0.1) is 0 Å². The summed E-state index contributed by atoms with van der Waals surface area (Å²) in [5.74, 6) is 0. The lowest BCUT2D eigenvalue weighted by molar-refractivity contribution is 0.283. The second-order valence-electron chi connectivity index (χ2n) is 4.57. The lowest BCUT2D eigenvalue weighted by atomic mass is 10.2. The zero-order valence-electron chi connectivity index (χ0n) is 12.4. The van der Waals surface area contributed by atoms with Gasteiger partial charge in [-0.15, -0.1) is 0 Å². The van der Waals surface area contributed by atoms with Crippen LogP contribution in [0.2, 0.25) is 0 Å². The number of aliphatic hydroxyl groups excluding tert-OH is 1. The van der Waals surface area contributed by atoms with E-state index >= 15 is 0 Å². The Bertz CT molecular complexity index is 271. The van der Waals surface area contributed by atoms with Crippen molar-refractivity contribution in [1.82, 2.24) is 0 Å². The Morgan fingerprint density at radius 1 is 0.632 bits per heavy atom. The van der Waals surface area contributed by atoms with Crippen molar-refractivity contribution in [2.24, 2.45) is 0 Å². The summed E-state index contributed by atoms with van der Waals surface area (Å²) in [7, 11) is 0. The lowest BCUT2D eigenvalue weighted by Gasteiger charge is -1.93. The summed E-state index contributed by atoms with van der Waals surface area (Å²) < 4.78 is 0. The van der Waals surface area contributed by atoms with Crippen LogP contribution in [0, 0.1) is 0 Å². The van der Waals surface area contributed by atoms with Gasteiger partial charge in [-0.3, -0.25) is 0 Å². The van der Waals surface area contributed by atoms with Gasteiger partial charge in [-0.05, 0) is 44.9 Å². The van der Waals surface area contributed by atoms with Crippen molar-refractivity contribution in [2.45, 2.75) is 58.3 Å². The van der Waals surface area contributed by atoms with Gasteiger partial charge in [-0.2, -0.15) is 0 Å². The van der Waals surface area contributed by atoms with Crippen molar-refractivity contribution in [2.75, 3.05) is 6.61 Å². The van der Waals surface area contributed by atoms with E-state index < -0.39 is 0 Å². The molecule has 0 amide bonds. The predicted octanol–water partition coefficient (Wildman–Crippen LogP) is 5.34. The van der Waals surface area contributed by atoms with Crippen LogP contribution < -0.4 is 0 Å². The SMILES string of the molecule is CC/C=C\C/C=C\C/C=C\C/C=C\CCCCCO. The molecule has 0 saturated carbocycles. The first-order valence-corrected chi connectivity index (χ1v) is 7.62. The summed E-state index contributed by atoms with van der Waals surface area (Å²) in [5, 5.41) is 8.63. The number of unbranched alkanes of at least 4 members (excludes halogenated alkanes) is 3. The molecule has 108 valence electrons. The Kier molecular flexibility index (Phi) is 16.0. The highest BCUT2D eigenvalue weighted by Crippen LogP contribution is 2.01. The van der Waals surface area contributed by atoms with Crippen LogP contribution in [0.25, 0.3) is 0 Å². The van der Waals surface area contributed by atoms with Gasteiger partial charge in [0.15, 0.2) is 0 Å². The van der Waals surface area contributed by atoms with Gasteiger partial charge in [-0.1, -0.05) is 62.0 Å². The first-order valence-electron chi connectivity index (χ1n) is 7.62. The molecular formula is C18H30O. The predicted molar refractivity (Wildman–Crippen MR) is 86.3 cm³/mol. The Morgan fingerprint density at radius 3 is 1.68 bits per heavy atom. The minimum Gasteiger partial charge on any atom is -0.396 e. The highest BCUT2D eigenvalue weighted by Gasteiger charge is 1.84. The molecule has 0 aliphatic rings. The standard InChI is InChI=1S/C18H30O/c1-2-3-4-5-6-7-8-9-10-11-12-13-14-15-16-17-18-19/h3-4,6-7,9-10,12-13,19H,2,5,8,11,14-18H2,1H3/b4-3-,7-6-,10-9-,13-12-. The van der Waals surface area contributed by atoms with Crippen LogP contribution in [0.4, 0.5) is 0 Å². The first kappa shape index (κ1) is 17.9. The molecule has 0 rings (SSSR count). The molecule has 0 heterocycles. The molecule has 0 radical (unpaired) electrons. The van der Waals surface area contributed by atoms with Crippen LogP contribution in [-0.4, -0.2) is 11.7 Å². The van der Waals surface area contributed by atoms with Gasteiger partial charge < -0.3 is 5.11 Å². The Labute approximate surface area is 119 Å². The molecule has 0 fully saturated rings. The van der Waals surface area contributed by atoms with Crippen LogP contribution in [0.3, 0.4) is 0 Å². The fourth-order valence-corrected chi connectivity index (χ4v) is 1.65. The Morgan fingerprint density at radius 2 is 1.16 bits per heavy atom. The van der Waals surface area contributed by atoms with Crippen molar-refractivity contribution in [3.05, 3.63) is 48.6 Å². The molecule has 0 aromatic carbocycles. The van der Waals surface area contributed by atoms with Gasteiger partial charge in [0.1, 0.15) is 0 Å². The highest BCUT2D eigenvalue weighted by molar-refractivity contribution is 4.99. The molecule has 0 unspecified atom stereocenters. The third-order valence-electron chi connectivity index (χ3n) is 2.75. The van der Waals surface area contributed by atoms with Crippen LogP contribution in [-0.2, 0) is 0 Å². The molecule has 0 aromatic rings. The van der Waals surface area contributed by atoms with Gasteiger partial charge in [-0.25, -0.2) is 0 Å². The third-order valence-corrected chi connectivity index (χ3v) is 2.75. The Balaban J connectivity index is 3.33. The maximum absolute atomic E-state index is 8.63. The van der Waals surface area contributed by atoms with Gasteiger partial charge in [0, 0.05) is 6.61 Å². The second kappa shape index (κ2) is 16.9. The minimum atomic E-state index is 0.328. The third kappa shape index (κ3) is 16.9. The topological polar surface area (TPSA) is 20.2 Å². The molecule has 19 heavy (non-hydrogen) atoms. The summed E-state index contributed by atoms with van der Waals surface area (Å²) in [6.07, 6.45) is 26.4. The molecule has 1 heteroatoms. The van der Waals surface area contributed by atoms with Crippen molar-refractivity contribution in [1.29, 1.82) is 0 Å². The zero-order chi connectivity index (χ0) is 14.0. The largest absolute Gasteiger partial charge is 0.396 e. The molecule has 0 bridgehead atoms. The first-order chi connectivity index (χ1) is 9.41. The summed E-state index contributed by atoms with van der Waals surface area (Å²) >= 11 is 0. The number of hydrogen-bond acceptors (Lipinski definition) is 1. The maximum atomic E-state index is 8.63. The van der Waals surface area contributed by atoms with Crippen molar-refractivity contribution in [3.63, 3.8) is 0 Å². The van der Waals surface area contributed by atoms with E-state index in [1.807, 2.05) is 0 Å². The normalized spacial score (nSPS) is 12.7. The summed E-state index contributed by atoms with van der Waals surface area (Å²) in [4.78, 5) is 0. The van der Waals surface area contributed by atoms with E-state index in [2.05, 4.69) is 55.5 Å². The second-order valence-corrected chi connectivity index (χ2v) is 4.57. The van der Waals surface area contributed by atoms with E-state index in [1.165, 1.54) is 6.42 Å². The van der Waals surface area contributed by atoms with Gasteiger partial charge in [0.25, 0.3) is 0 Å². The van der Waals surface area contributed by atoms with E-state index in [4.69, 9.17) is 5.11 Å². The lowest BCUT2D eigenvalue weighted by Crippen LogP contribution is -1.81. The quantitative estimate of drug-likeness (QED) is 0.371. The highest BCUT2D eigenvalue weighted by atomic mass is 16.2. The summed E-state index contributed by atoms with van der Waals surface area (Å²) in [6.45, 7) is 2.48. The van der Waals surface area contributed by atoms with Gasteiger partial charge in [0.2, 0.25) is 0 Å². The average Bonchev–Trinajstić information content (AvgIpc) is 2.43. The monoisotopic (exact) mass is 262 g/mol.